The fourth-order valence-corrected chi connectivity index (χ4v) is 1.25. The Labute approximate surface area is 115 Å². The zero-order valence-electron chi connectivity index (χ0n) is 11.2. The van der Waals surface area contributed by atoms with E-state index in [-0.39, 0.29) is 5.78 Å². The predicted octanol–water partition coefficient (Wildman–Crippen LogP) is 2.80. The summed E-state index contributed by atoms with van der Waals surface area (Å²) in [5.41, 5.74) is 0. The van der Waals surface area contributed by atoms with Crippen LogP contribution in [0.25, 0.3) is 0 Å². The summed E-state index contributed by atoms with van der Waals surface area (Å²) in [5, 5.41) is 9.47. The maximum Gasteiger partial charge on any atom is 0.229 e. The maximum absolute atomic E-state index is 10.7. The summed E-state index contributed by atoms with van der Waals surface area (Å²) < 4.78 is 0. The van der Waals surface area contributed by atoms with Gasteiger partial charge in [0.15, 0.2) is 0 Å². The van der Waals surface area contributed by atoms with E-state index in [1.807, 2.05) is 12.2 Å². The first-order chi connectivity index (χ1) is 9.20. The number of hydrogen-bond acceptors (Lipinski definition) is 2. The van der Waals surface area contributed by atoms with Crippen molar-refractivity contribution in [3.63, 3.8) is 0 Å². The van der Waals surface area contributed by atoms with Gasteiger partial charge < -0.3 is 5.11 Å². The molecule has 2 heteroatoms. The summed E-state index contributed by atoms with van der Waals surface area (Å²) in [5.74, 6) is 9.19. The Balaban J connectivity index is 3.84. The molecule has 1 atom stereocenters. The number of allylic oxidation sites excluding steroid dienone is 3. The van der Waals surface area contributed by atoms with Gasteiger partial charge in [-0.15, -0.1) is 6.58 Å². The van der Waals surface area contributed by atoms with Gasteiger partial charge in [-0.25, -0.2) is 0 Å². The SMILES string of the molecule is C=CCCCCCC=CC(O)C#CC#CC(=O)C=C. The van der Waals surface area contributed by atoms with E-state index in [1.165, 1.54) is 0 Å². The predicted molar refractivity (Wildman–Crippen MR) is 79.2 cm³/mol. The van der Waals surface area contributed by atoms with Crippen molar-refractivity contribution < 1.29 is 9.90 Å². The second kappa shape index (κ2) is 12.4. The molecule has 0 aromatic rings. The van der Waals surface area contributed by atoms with Gasteiger partial charge in [0.05, 0.1) is 0 Å². The van der Waals surface area contributed by atoms with Gasteiger partial charge in [0.2, 0.25) is 5.78 Å². The Bertz CT molecular complexity index is 435. The van der Waals surface area contributed by atoms with Crippen molar-refractivity contribution >= 4 is 5.78 Å². The first-order valence-corrected chi connectivity index (χ1v) is 6.34. The minimum atomic E-state index is -0.832. The lowest BCUT2D eigenvalue weighted by molar-refractivity contribution is -0.109. The Hall–Kier alpha value is -2.03. The van der Waals surface area contributed by atoms with E-state index in [2.05, 4.69) is 36.8 Å². The summed E-state index contributed by atoms with van der Waals surface area (Å²) in [6, 6.07) is 0. The number of aliphatic hydroxyl groups is 1. The van der Waals surface area contributed by atoms with E-state index in [1.54, 1.807) is 6.08 Å². The third-order valence-corrected chi connectivity index (χ3v) is 2.25. The van der Waals surface area contributed by atoms with Crippen molar-refractivity contribution in [3.05, 3.63) is 37.5 Å². The van der Waals surface area contributed by atoms with Gasteiger partial charge >= 0.3 is 0 Å². The van der Waals surface area contributed by atoms with Crippen LogP contribution in [-0.2, 0) is 4.79 Å². The third kappa shape index (κ3) is 12.2. The largest absolute Gasteiger partial charge is 0.377 e. The molecule has 0 radical (unpaired) electrons. The van der Waals surface area contributed by atoms with Crippen LogP contribution in [0, 0.1) is 23.7 Å². The van der Waals surface area contributed by atoms with Crippen molar-refractivity contribution in [3.8, 4) is 23.7 Å². The van der Waals surface area contributed by atoms with E-state index in [4.69, 9.17) is 0 Å². The fraction of sp³-hybridized carbons (Fsp3) is 0.353. The average Bonchev–Trinajstić information content (AvgIpc) is 2.42. The van der Waals surface area contributed by atoms with Gasteiger partial charge in [-0.3, -0.25) is 4.79 Å². The minimum Gasteiger partial charge on any atom is -0.377 e. The first kappa shape index (κ1) is 17.0. The molecule has 1 N–H and O–H groups in total. The zero-order valence-corrected chi connectivity index (χ0v) is 11.2. The number of unbranched alkanes of at least 4 members (excludes halogenated alkanes) is 4. The lowest BCUT2D eigenvalue weighted by atomic mass is 10.1. The molecular formula is C17H20O2. The van der Waals surface area contributed by atoms with Gasteiger partial charge in [-0.05, 0) is 55.6 Å². The van der Waals surface area contributed by atoms with Crippen molar-refractivity contribution in [1.29, 1.82) is 0 Å². The number of aliphatic hydroxyl groups excluding tert-OH is 1. The lowest BCUT2D eigenvalue weighted by Crippen LogP contribution is -1.96. The highest BCUT2D eigenvalue weighted by Gasteiger charge is 1.90. The molecule has 0 aromatic carbocycles. The van der Waals surface area contributed by atoms with Crippen LogP contribution in [0.5, 0.6) is 0 Å². The highest BCUT2D eigenvalue weighted by Crippen LogP contribution is 2.04. The molecule has 0 rings (SSSR count). The summed E-state index contributed by atoms with van der Waals surface area (Å²) >= 11 is 0. The topological polar surface area (TPSA) is 37.3 Å². The molecule has 0 fully saturated rings. The molecule has 0 aliphatic rings. The van der Waals surface area contributed by atoms with Gasteiger partial charge in [-0.1, -0.05) is 31.1 Å². The van der Waals surface area contributed by atoms with Crippen molar-refractivity contribution in [2.24, 2.45) is 0 Å². The molecule has 0 aliphatic carbocycles. The molecule has 0 saturated heterocycles. The Morgan fingerprint density at radius 1 is 1.16 bits per heavy atom. The summed E-state index contributed by atoms with van der Waals surface area (Å²) in [4.78, 5) is 10.7. The quantitative estimate of drug-likeness (QED) is 0.238. The van der Waals surface area contributed by atoms with Crippen LogP contribution >= 0.6 is 0 Å². The summed E-state index contributed by atoms with van der Waals surface area (Å²) in [7, 11) is 0. The van der Waals surface area contributed by atoms with Crippen LogP contribution in [-0.4, -0.2) is 17.0 Å². The zero-order chi connectivity index (χ0) is 14.3. The molecule has 100 valence electrons. The highest BCUT2D eigenvalue weighted by molar-refractivity contribution is 6.04. The lowest BCUT2D eigenvalue weighted by Gasteiger charge is -1.95. The van der Waals surface area contributed by atoms with E-state index in [0.29, 0.717) is 0 Å². The minimum absolute atomic E-state index is 0.376. The molecule has 0 aromatic heterocycles. The number of rotatable bonds is 8. The first-order valence-electron chi connectivity index (χ1n) is 6.34. The Morgan fingerprint density at radius 2 is 1.89 bits per heavy atom. The second-order valence-corrected chi connectivity index (χ2v) is 3.89. The maximum atomic E-state index is 10.7. The van der Waals surface area contributed by atoms with Gasteiger partial charge in [-0.2, -0.15) is 0 Å². The number of carbonyl (C=O) groups is 1. The molecule has 0 aliphatic heterocycles. The monoisotopic (exact) mass is 256 g/mol. The average molecular weight is 256 g/mol. The highest BCUT2D eigenvalue weighted by atomic mass is 16.3. The van der Waals surface area contributed by atoms with Crippen molar-refractivity contribution in [2.45, 2.75) is 38.2 Å². The molecule has 0 bridgehead atoms. The van der Waals surface area contributed by atoms with Crippen LogP contribution in [0.2, 0.25) is 0 Å². The molecule has 0 amide bonds. The standard InChI is InChI=1S/C17H20O2/c1-3-5-6-7-8-9-10-14-17(19)15-12-11-13-16(18)4-2/h3-4,10,14,17,19H,1-2,5-9H2. The van der Waals surface area contributed by atoms with Crippen LogP contribution < -0.4 is 0 Å². The van der Waals surface area contributed by atoms with E-state index >= 15 is 0 Å². The normalized spacial score (nSPS) is 10.8. The van der Waals surface area contributed by atoms with E-state index < -0.39 is 6.10 Å². The smallest absolute Gasteiger partial charge is 0.229 e. The van der Waals surface area contributed by atoms with Gasteiger partial charge in [0.1, 0.15) is 6.10 Å². The number of carbonyl (C=O) groups excluding carboxylic acids is 1. The second-order valence-electron chi connectivity index (χ2n) is 3.89. The summed E-state index contributed by atoms with van der Waals surface area (Å²) in [6.45, 7) is 6.95. The summed E-state index contributed by atoms with van der Waals surface area (Å²) in [6.07, 6.45) is 11.2. The molecule has 0 spiro atoms. The number of ketones is 1. The van der Waals surface area contributed by atoms with Crippen molar-refractivity contribution in [1.82, 2.24) is 0 Å². The van der Waals surface area contributed by atoms with E-state index in [0.717, 1.165) is 38.2 Å². The van der Waals surface area contributed by atoms with Crippen LogP contribution in [0.1, 0.15) is 32.1 Å². The van der Waals surface area contributed by atoms with Gasteiger partial charge in [0, 0.05) is 0 Å². The molecule has 1 unspecified atom stereocenters. The number of hydrogen-bond donors (Lipinski definition) is 1. The van der Waals surface area contributed by atoms with Crippen LogP contribution in [0.15, 0.2) is 37.5 Å². The van der Waals surface area contributed by atoms with Crippen molar-refractivity contribution in [2.75, 3.05) is 0 Å². The Kier molecular flexibility index (Phi) is 11.1. The fourth-order valence-electron chi connectivity index (χ4n) is 1.25. The van der Waals surface area contributed by atoms with Crippen LogP contribution in [0.4, 0.5) is 0 Å². The molecular weight excluding hydrogens is 236 g/mol. The molecule has 0 heterocycles. The van der Waals surface area contributed by atoms with Gasteiger partial charge in [0.25, 0.3) is 0 Å². The molecule has 0 saturated carbocycles. The molecule has 19 heavy (non-hydrogen) atoms. The Morgan fingerprint density at radius 3 is 2.58 bits per heavy atom. The van der Waals surface area contributed by atoms with E-state index in [9.17, 15) is 9.90 Å². The molecule has 2 nitrogen and oxygen atoms in total. The third-order valence-electron chi connectivity index (χ3n) is 2.25. The van der Waals surface area contributed by atoms with Crippen LogP contribution in [0.3, 0.4) is 0 Å².